The first-order valence-electron chi connectivity index (χ1n) is 7.18. The third-order valence-electron chi connectivity index (χ3n) is 3.62. The normalized spacial score (nSPS) is 14.0. The quantitative estimate of drug-likeness (QED) is 0.615. The SMILES string of the molecule is CSc1cccc(-n2nnn(C)c2=O)c1CONC(=O)C1CC1. The molecule has 0 aliphatic heterocycles. The molecule has 1 fully saturated rings. The van der Waals surface area contributed by atoms with E-state index in [1.165, 1.54) is 23.5 Å². The van der Waals surface area contributed by atoms with Crippen LogP contribution in [0.4, 0.5) is 0 Å². The summed E-state index contributed by atoms with van der Waals surface area (Å²) < 4.78 is 2.38. The molecule has 0 unspecified atom stereocenters. The summed E-state index contributed by atoms with van der Waals surface area (Å²) in [5, 5.41) is 7.60. The number of nitrogens with zero attached hydrogens (tertiary/aromatic N) is 4. The second kappa shape index (κ2) is 6.55. The van der Waals surface area contributed by atoms with Crippen LogP contribution in [0, 0.1) is 5.92 Å². The van der Waals surface area contributed by atoms with Gasteiger partial charge in [-0.3, -0.25) is 9.63 Å². The molecule has 0 radical (unpaired) electrons. The number of rotatable bonds is 6. The number of thioether (sulfide) groups is 1. The van der Waals surface area contributed by atoms with Crippen molar-refractivity contribution in [2.24, 2.45) is 13.0 Å². The zero-order valence-electron chi connectivity index (χ0n) is 12.9. The second-order valence-electron chi connectivity index (χ2n) is 5.28. The van der Waals surface area contributed by atoms with E-state index in [1.54, 1.807) is 6.07 Å². The van der Waals surface area contributed by atoms with E-state index in [-0.39, 0.29) is 24.1 Å². The summed E-state index contributed by atoms with van der Waals surface area (Å²) in [6.45, 7) is 0.147. The Hall–Kier alpha value is -2.13. The smallest absolute Gasteiger partial charge is 0.273 e. The Morgan fingerprint density at radius 2 is 2.22 bits per heavy atom. The molecule has 1 amide bonds. The van der Waals surface area contributed by atoms with Crippen LogP contribution in [-0.4, -0.2) is 32.0 Å². The van der Waals surface area contributed by atoms with Crippen molar-refractivity contribution in [1.29, 1.82) is 0 Å². The fraction of sp³-hybridized carbons (Fsp3) is 0.429. The molecule has 2 aromatic rings. The maximum absolute atomic E-state index is 12.1. The second-order valence-corrected chi connectivity index (χ2v) is 6.13. The van der Waals surface area contributed by atoms with Crippen LogP contribution in [0.25, 0.3) is 5.69 Å². The third kappa shape index (κ3) is 3.30. The number of amides is 1. The average molecular weight is 335 g/mol. The molecule has 8 nitrogen and oxygen atoms in total. The molecular weight excluding hydrogens is 318 g/mol. The summed E-state index contributed by atoms with van der Waals surface area (Å²) in [5.74, 6) is -0.0160. The molecular formula is C14H17N5O3S. The zero-order valence-corrected chi connectivity index (χ0v) is 13.7. The molecule has 1 saturated carbocycles. The molecule has 1 aromatic carbocycles. The highest BCUT2D eigenvalue weighted by atomic mass is 32.2. The van der Waals surface area contributed by atoms with E-state index in [2.05, 4.69) is 15.9 Å². The number of benzene rings is 1. The molecule has 23 heavy (non-hydrogen) atoms. The van der Waals surface area contributed by atoms with Gasteiger partial charge in [0, 0.05) is 23.4 Å². The van der Waals surface area contributed by atoms with Gasteiger partial charge >= 0.3 is 5.69 Å². The number of carbonyl (C=O) groups excluding carboxylic acids is 1. The highest BCUT2D eigenvalue weighted by Gasteiger charge is 2.29. The fourth-order valence-electron chi connectivity index (χ4n) is 2.16. The number of aromatic nitrogens is 4. The Morgan fingerprint density at radius 3 is 2.83 bits per heavy atom. The van der Waals surface area contributed by atoms with E-state index in [9.17, 15) is 9.59 Å². The van der Waals surface area contributed by atoms with E-state index < -0.39 is 0 Å². The molecule has 0 saturated heterocycles. The molecule has 0 spiro atoms. The number of aryl methyl sites for hydroxylation is 1. The maximum atomic E-state index is 12.1. The van der Waals surface area contributed by atoms with Gasteiger partial charge in [0.15, 0.2) is 0 Å². The van der Waals surface area contributed by atoms with Crippen LogP contribution in [0.2, 0.25) is 0 Å². The van der Waals surface area contributed by atoms with Crippen molar-refractivity contribution < 1.29 is 9.63 Å². The van der Waals surface area contributed by atoms with E-state index >= 15 is 0 Å². The lowest BCUT2D eigenvalue weighted by Crippen LogP contribution is -2.26. The van der Waals surface area contributed by atoms with E-state index in [1.807, 2.05) is 18.4 Å². The number of tetrazole rings is 1. The van der Waals surface area contributed by atoms with Gasteiger partial charge < -0.3 is 0 Å². The summed E-state index contributed by atoms with van der Waals surface area (Å²) in [4.78, 5) is 30.0. The lowest BCUT2D eigenvalue weighted by Gasteiger charge is -2.13. The van der Waals surface area contributed by atoms with Gasteiger partial charge in [-0.05, 0) is 41.7 Å². The first kappa shape index (κ1) is 15.8. The molecule has 1 aliphatic rings. The number of hydrogen-bond acceptors (Lipinski definition) is 6. The summed E-state index contributed by atoms with van der Waals surface area (Å²) >= 11 is 1.53. The topological polar surface area (TPSA) is 91.0 Å². The number of hydroxylamine groups is 1. The van der Waals surface area contributed by atoms with E-state index in [4.69, 9.17) is 4.84 Å². The predicted molar refractivity (Wildman–Crippen MR) is 84.0 cm³/mol. The largest absolute Gasteiger partial charge is 0.368 e. The van der Waals surface area contributed by atoms with Crippen LogP contribution in [-0.2, 0) is 23.3 Å². The maximum Gasteiger partial charge on any atom is 0.368 e. The minimum Gasteiger partial charge on any atom is -0.273 e. The van der Waals surface area contributed by atoms with Crippen molar-refractivity contribution in [3.63, 3.8) is 0 Å². The molecule has 9 heteroatoms. The van der Waals surface area contributed by atoms with Crippen LogP contribution in [0.15, 0.2) is 27.9 Å². The van der Waals surface area contributed by atoms with Crippen LogP contribution in [0.1, 0.15) is 18.4 Å². The first-order chi connectivity index (χ1) is 11.1. The monoisotopic (exact) mass is 335 g/mol. The summed E-state index contributed by atoms with van der Waals surface area (Å²) in [7, 11) is 1.54. The molecule has 3 rings (SSSR count). The summed E-state index contributed by atoms with van der Waals surface area (Å²) in [6, 6.07) is 5.54. The standard InChI is InChI=1S/C14H17N5O3S/c1-18-14(21)19(17-16-18)11-4-3-5-12(23-2)10(11)8-22-15-13(20)9-6-7-9/h3-5,9H,6-8H2,1-2H3,(H,15,20). The molecule has 1 N–H and O–H groups in total. The Kier molecular flexibility index (Phi) is 4.49. The van der Waals surface area contributed by atoms with E-state index in [0.29, 0.717) is 5.69 Å². The van der Waals surface area contributed by atoms with Gasteiger partial charge in [-0.1, -0.05) is 6.07 Å². The van der Waals surface area contributed by atoms with E-state index in [0.717, 1.165) is 28.0 Å². The van der Waals surface area contributed by atoms with Crippen molar-refractivity contribution >= 4 is 17.7 Å². The Labute approximate surface area is 136 Å². The number of hydrogen-bond donors (Lipinski definition) is 1. The van der Waals surface area contributed by atoms with Crippen LogP contribution in [0.3, 0.4) is 0 Å². The molecule has 0 bridgehead atoms. The highest BCUT2D eigenvalue weighted by Crippen LogP contribution is 2.29. The van der Waals surface area contributed by atoms with Gasteiger partial charge in [0.1, 0.15) is 6.61 Å². The van der Waals surface area contributed by atoms with Gasteiger partial charge in [-0.25, -0.2) is 10.3 Å². The van der Waals surface area contributed by atoms with Crippen molar-refractivity contribution in [1.82, 2.24) is 25.3 Å². The van der Waals surface area contributed by atoms with Gasteiger partial charge in [-0.15, -0.1) is 11.8 Å². The van der Waals surface area contributed by atoms with Gasteiger partial charge in [0.25, 0.3) is 0 Å². The molecule has 1 aromatic heterocycles. The number of nitrogens with one attached hydrogen (secondary N) is 1. The molecule has 122 valence electrons. The summed E-state index contributed by atoms with van der Waals surface area (Å²) in [6.07, 6.45) is 3.76. The minimum atomic E-state index is -0.341. The molecule has 0 atom stereocenters. The van der Waals surface area contributed by atoms with Crippen LogP contribution in [0.5, 0.6) is 0 Å². The highest BCUT2D eigenvalue weighted by molar-refractivity contribution is 7.98. The van der Waals surface area contributed by atoms with Gasteiger partial charge in [0.05, 0.1) is 5.69 Å². The number of carbonyl (C=O) groups is 1. The van der Waals surface area contributed by atoms with Crippen LogP contribution < -0.4 is 11.2 Å². The lowest BCUT2D eigenvalue weighted by atomic mass is 10.2. The molecule has 1 heterocycles. The van der Waals surface area contributed by atoms with Gasteiger partial charge in [0.2, 0.25) is 5.91 Å². The Balaban J connectivity index is 1.85. The zero-order chi connectivity index (χ0) is 16.4. The minimum absolute atomic E-state index is 0.0767. The Bertz CT molecular complexity index is 781. The fourth-order valence-corrected chi connectivity index (χ4v) is 2.79. The lowest BCUT2D eigenvalue weighted by molar-refractivity contribution is -0.135. The summed E-state index contributed by atoms with van der Waals surface area (Å²) in [5.41, 5.74) is 3.49. The van der Waals surface area contributed by atoms with Crippen molar-refractivity contribution in [3.05, 3.63) is 34.2 Å². The Morgan fingerprint density at radius 1 is 1.43 bits per heavy atom. The van der Waals surface area contributed by atoms with Crippen LogP contribution >= 0.6 is 11.8 Å². The van der Waals surface area contributed by atoms with Crippen molar-refractivity contribution in [2.75, 3.05) is 6.26 Å². The average Bonchev–Trinajstić information content (AvgIpc) is 3.35. The molecule has 1 aliphatic carbocycles. The van der Waals surface area contributed by atoms with Crippen molar-refractivity contribution in [3.8, 4) is 5.69 Å². The van der Waals surface area contributed by atoms with Gasteiger partial charge in [-0.2, -0.15) is 9.36 Å². The predicted octanol–water partition coefficient (Wildman–Crippen LogP) is 0.646. The van der Waals surface area contributed by atoms with Crippen molar-refractivity contribution in [2.45, 2.75) is 24.3 Å². The third-order valence-corrected chi connectivity index (χ3v) is 4.44. The first-order valence-corrected chi connectivity index (χ1v) is 8.41.